The van der Waals surface area contributed by atoms with Gasteiger partial charge in [-0.25, -0.2) is 0 Å². The molecule has 0 bridgehead atoms. The standard InChI is InChI=1S/C14H16ClN3O2/c1-10-13(15)9-16-18(10)7-6-14(19)17-11-4-3-5-12(8-11)20-2/h3-5,8-9H,6-7H2,1-2H3,(H,17,19). The largest absolute Gasteiger partial charge is 0.497 e. The fourth-order valence-corrected chi connectivity index (χ4v) is 1.92. The number of hydrogen-bond donors (Lipinski definition) is 1. The lowest BCUT2D eigenvalue weighted by atomic mass is 10.3. The topological polar surface area (TPSA) is 56.1 Å². The van der Waals surface area contributed by atoms with Crippen LogP contribution in [0.15, 0.2) is 30.5 Å². The zero-order chi connectivity index (χ0) is 14.5. The van der Waals surface area contributed by atoms with Crippen molar-refractivity contribution in [3.05, 3.63) is 41.2 Å². The van der Waals surface area contributed by atoms with Crippen molar-refractivity contribution in [2.45, 2.75) is 19.9 Å². The number of anilines is 1. The average molecular weight is 294 g/mol. The molecule has 20 heavy (non-hydrogen) atoms. The number of nitrogens with zero attached hydrogens (tertiary/aromatic N) is 2. The number of methoxy groups -OCH3 is 1. The van der Waals surface area contributed by atoms with E-state index in [1.54, 1.807) is 24.1 Å². The Hall–Kier alpha value is -2.01. The summed E-state index contributed by atoms with van der Waals surface area (Å²) in [6.45, 7) is 2.36. The Labute approximate surface area is 122 Å². The number of benzene rings is 1. The minimum atomic E-state index is -0.0794. The summed E-state index contributed by atoms with van der Waals surface area (Å²) in [5.41, 5.74) is 1.57. The molecule has 0 aliphatic carbocycles. The van der Waals surface area contributed by atoms with Crippen LogP contribution in [-0.2, 0) is 11.3 Å². The van der Waals surface area contributed by atoms with Gasteiger partial charge in [-0.3, -0.25) is 9.48 Å². The molecule has 1 heterocycles. The number of rotatable bonds is 5. The van der Waals surface area contributed by atoms with Crippen LogP contribution in [0.3, 0.4) is 0 Å². The monoisotopic (exact) mass is 293 g/mol. The van der Waals surface area contributed by atoms with Crippen molar-refractivity contribution in [3.63, 3.8) is 0 Å². The van der Waals surface area contributed by atoms with E-state index in [0.717, 1.165) is 5.69 Å². The first-order valence-corrected chi connectivity index (χ1v) is 6.60. The van der Waals surface area contributed by atoms with Gasteiger partial charge in [0.05, 0.1) is 30.6 Å². The molecule has 2 rings (SSSR count). The third-order valence-corrected chi connectivity index (χ3v) is 3.32. The van der Waals surface area contributed by atoms with E-state index in [-0.39, 0.29) is 5.91 Å². The van der Waals surface area contributed by atoms with Gasteiger partial charge < -0.3 is 10.1 Å². The van der Waals surface area contributed by atoms with Crippen LogP contribution >= 0.6 is 11.6 Å². The maximum absolute atomic E-state index is 11.9. The predicted octanol–water partition coefficient (Wildman–Crippen LogP) is 2.88. The predicted molar refractivity (Wildman–Crippen MR) is 78.2 cm³/mol. The van der Waals surface area contributed by atoms with Crippen molar-refractivity contribution in [3.8, 4) is 5.75 Å². The van der Waals surface area contributed by atoms with E-state index in [9.17, 15) is 4.79 Å². The van der Waals surface area contributed by atoms with E-state index in [0.29, 0.717) is 29.4 Å². The first-order valence-electron chi connectivity index (χ1n) is 6.22. The molecule has 6 heteroatoms. The molecule has 1 amide bonds. The second-order valence-electron chi connectivity index (χ2n) is 4.33. The Morgan fingerprint density at radius 2 is 2.30 bits per heavy atom. The third kappa shape index (κ3) is 3.51. The molecule has 2 aromatic rings. The first kappa shape index (κ1) is 14.4. The van der Waals surface area contributed by atoms with Gasteiger partial charge in [0.1, 0.15) is 5.75 Å². The highest BCUT2D eigenvalue weighted by molar-refractivity contribution is 6.31. The molecule has 0 unspecified atom stereocenters. The molecule has 0 aliphatic rings. The summed E-state index contributed by atoms with van der Waals surface area (Å²) in [5, 5.41) is 7.54. The van der Waals surface area contributed by atoms with Crippen LogP contribution in [0.4, 0.5) is 5.69 Å². The number of ether oxygens (including phenoxy) is 1. The van der Waals surface area contributed by atoms with Gasteiger partial charge in [-0.2, -0.15) is 5.10 Å². The van der Waals surface area contributed by atoms with Gasteiger partial charge in [0, 0.05) is 18.2 Å². The third-order valence-electron chi connectivity index (χ3n) is 2.95. The van der Waals surface area contributed by atoms with Gasteiger partial charge in [0.2, 0.25) is 5.91 Å². The lowest BCUT2D eigenvalue weighted by molar-refractivity contribution is -0.116. The molecule has 106 valence electrons. The molecular formula is C14H16ClN3O2. The molecule has 0 fully saturated rings. The number of hydrogen-bond acceptors (Lipinski definition) is 3. The smallest absolute Gasteiger partial charge is 0.226 e. The zero-order valence-electron chi connectivity index (χ0n) is 11.4. The minimum absolute atomic E-state index is 0.0794. The number of aromatic nitrogens is 2. The van der Waals surface area contributed by atoms with Crippen LogP contribution in [0.25, 0.3) is 0 Å². The van der Waals surface area contributed by atoms with Crippen LogP contribution in [0.2, 0.25) is 5.02 Å². The normalized spacial score (nSPS) is 10.3. The number of aryl methyl sites for hydroxylation is 1. The second-order valence-corrected chi connectivity index (χ2v) is 4.74. The summed E-state index contributed by atoms with van der Waals surface area (Å²) in [6.07, 6.45) is 1.91. The van der Waals surface area contributed by atoms with Crippen molar-refractivity contribution in [1.82, 2.24) is 9.78 Å². The quantitative estimate of drug-likeness (QED) is 0.922. The van der Waals surface area contributed by atoms with Gasteiger partial charge in [0.25, 0.3) is 0 Å². The van der Waals surface area contributed by atoms with E-state index >= 15 is 0 Å². The molecular weight excluding hydrogens is 278 g/mol. The van der Waals surface area contributed by atoms with Gasteiger partial charge in [-0.15, -0.1) is 0 Å². The lowest BCUT2D eigenvalue weighted by Crippen LogP contribution is -2.15. The van der Waals surface area contributed by atoms with Gasteiger partial charge in [-0.05, 0) is 19.1 Å². The second kappa shape index (κ2) is 6.43. The molecule has 5 nitrogen and oxygen atoms in total. The molecule has 1 N–H and O–H groups in total. The molecule has 1 aromatic heterocycles. The van der Waals surface area contributed by atoms with Crippen molar-refractivity contribution >= 4 is 23.2 Å². The van der Waals surface area contributed by atoms with Crippen molar-refractivity contribution in [2.75, 3.05) is 12.4 Å². The molecule has 1 aromatic carbocycles. The zero-order valence-corrected chi connectivity index (χ0v) is 12.1. The first-order chi connectivity index (χ1) is 9.60. The van der Waals surface area contributed by atoms with E-state index in [4.69, 9.17) is 16.3 Å². The van der Waals surface area contributed by atoms with E-state index < -0.39 is 0 Å². The van der Waals surface area contributed by atoms with E-state index in [1.165, 1.54) is 0 Å². The Morgan fingerprint density at radius 1 is 1.50 bits per heavy atom. The Morgan fingerprint density at radius 3 is 2.95 bits per heavy atom. The summed E-state index contributed by atoms with van der Waals surface area (Å²) in [7, 11) is 1.59. The average Bonchev–Trinajstić information content (AvgIpc) is 2.77. The van der Waals surface area contributed by atoms with Gasteiger partial charge >= 0.3 is 0 Å². The highest BCUT2D eigenvalue weighted by Gasteiger charge is 2.07. The van der Waals surface area contributed by atoms with Crippen molar-refractivity contribution in [1.29, 1.82) is 0 Å². The molecule has 0 atom stereocenters. The maximum Gasteiger partial charge on any atom is 0.226 e. The Bertz CT molecular complexity index is 610. The van der Waals surface area contributed by atoms with Crippen LogP contribution in [-0.4, -0.2) is 22.8 Å². The summed E-state index contributed by atoms with van der Waals surface area (Å²) < 4.78 is 6.82. The van der Waals surface area contributed by atoms with Crippen LogP contribution in [0.1, 0.15) is 12.1 Å². The Kier molecular flexibility index (Phi) is 4.63. The van der Waals surface area contributed by atoms with E-state index in [2.05, 4.69) is 10.4 Å². The highest BCUT2D eigenvalue weighted by atomic mass is 35.5. The molecule has 0 saturated carbocycles. The lowest BCUT2D eigenvalue weighted by Gasteiger charge is -2.08. The molecule has 0 aliphatic heterocycles. The van der Waals surface area contributed by atoms with Crippen molar-refractivity contribution < 1.29 is 9.53 Å². The summed E-state index contributed by atoms with van der Waals surface area (Å²) in [4.78, 5) is 11.9. The number of halogens is 1. The Balaban J connectivity index is 1.90. The number of carbonyl (C=O) groups is 1. The summed E-state index contributed by atoms with van der Waals surface area (Å²) in [5.74, 6) is 0.627. The van der Waals surface area contributed by atoms with E-state index in [1.807, 2.05) is 25.1 Å². The number of amides is 1. The fraction of sp³-hybridized carbons (Fsp3) is 0.286. The van der Waals surface area contributed by atoms with Crippen molar-refractivity contribution in [2.24, 2.45) is 0 Å². The molecule has 0 saturated heterocycles. The number of nitrogens with one attached hydrogen (secondary N) is 1. The SMILES string of the molecule is COc1cccc(NC(=O)CCn2ncc(Cl)c2C)c1. The maximum atomic E-state index is 11.9. The van der Waals surface area contributed by atoms with Crippen LogP contribution < -0.4 is 10.1 Å². The fourth-order valence-electron chi connectivity index (χ4n) is 1.78. The highest BCUT2D eigenvalue weighted by Crippen LogP contribution is 2.17. The van der Waals surface area contributed by atoms with Crippen LogP contribution in [0, 0.1) is 6.92 Å². The molecule has 0 radical (unpaired) electrons. The molecule has 0 spiro atoms. The van der Waals surface area contributed by atoms with Crippen LogP contribution in [0.5, 0.6) is 5.75 Å². The summed E-state index contributed by atoms with van der Waals surface area (Å²) >= 11 is 5.91. The summed E-state index contributed by atoms with van der Waals surface area (Å²) in [6, 6.07) is 7.24. The van der Waals surface area contributed by atoms with Gasteiger partial charge in [0.15, 0.2) is 0 Å². The number of carbonyl (C=O) groups excluding carboxylic acids is 1. The van der Waals surface area contributed by atoms with Gasteiger partial charge in [-0.1, -0.05) is 17.7 Å². The minimum Gasteiger partial charge on any atom is -0.497 e.